The molecule has 0 saturated carbocycles. The zero-order valence-corrected chi connectivity index (χ0v) is 16.9. The Kier molecular flexibility index (Phi) is 15.2. The topological polar surface area (TPSA) is 26.3 Å². The van der Waals surface area contributed by atoms with Gasteiger partial charge < -0.3 is 4.74 Å². The largest absolute Gasteiger partial charge is 0.460 e. The molecule has 0 unspecified atom stereocenters. The number of hydrogen-bond donors (Lipinski definition) is 0. The van der Waals surface area contributed by atoms with Crippen molar-refractivity contribution in [1.29, 1.82) is 0 Å². The molecule has 0 aliphatic carbocycles. The van der Waals surface area contributed by atoms with Crippen LogP contribution < -0.4 is 0 Å². The Bertz CT molecular complexity index is 312. The maximum absolute atomic E-state index is 11.6. The quantitative estimate of drug-likeness (QED) is 0.177. The number of hydrogen-bond acceptors (Lipinski definition) is 2. The summed E-state index contributed by atoms with van der Waals surface area (Å²) in [7, 11) is 0. The Morgan fingerprint density at radius 3 is 1.71 bits per heavy atom. The average Bonchev–Trinajstić information content (AvgIpc) is 2.49. The molecular weight excluding hydrogens is 296 g/mol. The molecule has 0 heterocycles. The van der Waals surface area contributed by atoms with Crippen LogP contribution in [0.5, 0.6) is 0 Å². The molecule has 0 aliphatic heterocycles. The molecule has 0 radical (unpaired) electrons. The predicted octanol–water partition coefficient (Wildman–Crippen LogP) is 7.37. The third-order valence-electron chi connectivity index (χ3n) is 4.06. The minimum atomic E-state index is -0.348. The van der Waals surface area contributed by atoms with Gasteiger partial charge in [-0.3, -0.25) is 4.79 Å². The molecular formula is C22H42O2. The average molecular weight is 339 g/mol. The Hall–Kier alpha value is -0.790. The smallest absolute Gasteiger partial charge is 0.306 e. The monoisotopic (exact) mass is 338 g/mol. The molecule has 0 aromatic heterocycles. The van der Waals surface area contributed by atoms with Crippen LogP contribution in [-0.4, -0.2) is 11.6 Å². The van der Waals surface area contributed by atoms with Gasteiger partial charge in [-0.1, -0.05) is 70.4 Å². The van der Waals surface area contributed by atoms with Crippen molar-refractivity contribution in [3.05, 3.63) is 12.2 Å². The minimum Gasteiger partial charge on any atom is -0.460 e. The standard InChI is InChI=1S/C22H42O2/c1-5-6-7-8-9-10-11-12-13-14-15-16-17-18-19-20-21(23)24-22(2,3)4/h12-13H,5-11,14-20H2,1-4H3/b13-12-. The van der Waals surface area contributed by atoms with Crippen LogP contribution in [0.1, 0.15) is 118 Å². The normalized spacial score (nSPS) is 12.0. The summed E-state index contributed by atoms with van der Waals surface area (Å²) in [5.74, 6) is -0.0554. The van der Waals surface area contributed by atoms with E-state index in [1.165, 1.54) is 70.6 Å². The summed E-state index contributed by atoms with van der Waals surface area (Å²) >= 11 is 0. The number of esters is 1. The molecule has 0 fully saturated rings. The molecule has 142 valence electrons. The Morgan fingerprint density at radius 2 is 1.21 bits per heavy atom. The van der Waals surface area contributed by atoms with Gasteiger partial charge in [-0.05, 0) is 52.9 Å². The molecule has 0 aliphatic rings. The van der Waals surface area contributed by atoms with Crippen LogP contribution in [0, 0.1) is 0 Å². The summed E-state index contributed by atoms with van der Waals surface area (Å²) in [6.45, 7) is 8.03. The molecule has 0 N–H and O–H groups in total. The molecule has 2 heteroatoms. The molecule has 0 aromatic carbocycles. The molecule has 24 heavy (non-hydrogen) atoms. The number of carbonyl (C=O) groups is 1. The first-order chi connectivity index (χ1) is 11.5. The lowest BCUT2D eigenvalue weighted by molar-refractivity contribution is -0.154. The van der Waals surface area contributed by atoms with Gasteiger partial charge in [0.1, 0.15) is 5.60 Å². The van der Waals surface area contributed by atoms with Gasteiger partial charge in [0.25, 0.3) is 0 Å². The summed E-state index contributed by atoms with van der Waals surface area (Å²) < 4.78 is 5.31. The molecule has 2 nitrogen and oxygen atoms in total. The van der Waals surface area contributed by atoms with Crippen LogP contribution in [0.25, 0.3) is 0 Å². The van der Waals surface area contributed by atoms with Crippen molar-refractivity contribution in [2.75, 3.05) is 0 Å². The minimum absolute atomic E-state index is 0.0554. The van der Waals surface area contributed by atoms with E-state index < -0.39 is 0 Å². The maximum Gasteiger partial charge on any atom is 0.306 e. The second-order valence-electron chi connectivity index (χ2n) is 7.92. The Balaban J connectivity index is 3.25. The third kappa shape index (κ3) is 19.3. The number of rotatable bonds is 15. The fourth-order valence-corrected chi connectivity index (χ4v) is 2.73. The highest BCUT2D eigenvalue weighted by molar-refractivity contribution is 5.69. The van der Waals surface area contributed by atoms with Gasteiger partial charge in [-0.25, -0.2) is 0 Å². The first kappa shape index (κ1) is 23.2. The van der Waals surface area contributed by atoms with Crippen LogP contribution in [0.4, 0.5) is 0 Å². The van der Waals surface area contributed by atoms with Crippen molar-refractivity contribution in [2.24, 2.45) is 0 Å². The Labute approximate surface area is 151 Å². The van der Waals surface area contributed by atoms with E-state index in [4.69, 9.17) is 4.74 Å². The molecule has 0 rings (SSSR count). The molecule has 0 aromatic rings. The van der Waals surface area contributed by atoms with Gasteiger partial charge in [0, 0.05) is 6.42 Å². The van der Waals surface area contributed by atoms with E-state index in [1.807, 2.05) is 20.8 Å². The second-order valence-corrected chi connectivity index (χ2v) is 7.92. The van der Waals surface area contributed by atoms with Crippen LogP contribution in [0.3, 0.4) is 0 Å². The highest BCUT2D eigenvalue weighted by atomic mass is 16.6. The molecule has 0 bridgehead atoms. The van der Waals surface area contributed by atoms with E-state index in [9.17, 15) is 4.79 Å². The van der Waals surface area contributed by atoms with E-state index in [0.717, 1.165) is 12.8 Å². The zero-order chi connectivity index (χ0) is 18.1. The SMILES string of the molecule is CCCCCCCC/C=C\CCCCCCCC(=O)OC(C)(C)C. The number of ether oxygens (including phenoxy) is 1. The lowest BCUT2D eigenvalue weighted by Gasteiger charge is -2.19. The van der Waals surface area contributed by atoms with Crippen LogP contribution in [-0.2, 0) is 9.53 Å². The van der Waals surface area contributed by atoms with Crippen molar-refractivity contribution in [3.63, 3.8) is 0 Å². The van der Waals surface area contributed by atoms with Crippen molar-refractivity contribution < 1.29 is 9.53 Å². The first-order valence-corrected chi connectivity index (χ1v) is 10.3. The van der Waals surface area contributed by atoms with E-state index in [-0.39, 0.29) is 11.6 Å². The van der Waals surface area contributed by atoms with Gasteiger partial charge in [0.15, 0.2) is 0 Å². The van der Waals surface area contributed by atoms with Crippen molar-refractivity contribution >= 4 is 5.97 Å². The summed E-state index contributed by atoms with van der Waals surface area (Å²) in [5.41, 5.74) is -0.348. The van der Waals surface area contributed by atoms with E-state index in [0.29, 0.717) is 6.42 Å². The van der Waals surface area contributed by atoms with Crippen molar-refractivity contribution in [1.82, 2.24) is 0 Å². The van der Waals surface area contributed by atoms with E-state index in [2.05, 4.69) is 19.1 Å². The summed E-state index contributed by atoms with van der Waals surface area (Å²) in [6.07, 6.45) is 21.9. The van der Waals surface area contributed by atoms with Crippen molar-refractivity contribution in [2.45, 2.75) is 123 Å². The van der Waals surface area contributed by atoms with Gasteiger partial charge in [0.2, 0.25) is 0 Å². The lowest BCUT2D eigenvalue weighted by atomic mass is 10.1. The zero-order valence-electron chi connectivity index (χ0n) is 16.9. The van der Waals surface area contributed by atoms with Crippen LogP contribution >= 0.6 is 0 Å². The van der Waals surface area contributed by atoms with Crippen molar-refractivity contribution in [3.8, 4) is 0 Å². The van der Waals surface area contributed by atoms with E-state index in [1.54, 1.807) is 0 Å². The van der Waals surface area contributed by atoms with Gasteiger partial charge in [0.05, 0.1) is 0 Å². The number of carbonyl (C=O) groups excluding carboxylic acids is 1. The lowest BCUT2D eigenvalue weighted by Crippen LogP contribution is -2.23. The fraction of sp³-hybridized carbons (Fsp3) is 0.864. The van der Waals surface area contributed by atoms with Gasteiger partial charge in [-0.15, -0.1) is 0 Å². The molecule has 0 spiro atoms. The summed E-state index contributed by atoms with van der Waals surface area (Å²) in [4.78, 5) is 11.6. The summed E-state index contributed by atoms with van der Waals surface area (Å²) in [6, 6.07) is 0. The van der Waals surface area contributed by atoms with Crippen LogP contribution in [0.15, 0.2) is 12.2 Å². The Morgan fingerprint density at radius 1 is 0.750 bits per heavy atom. The van der Waals surface area contributed by atoms with Gasteiger partial charge in [-0.2, -0.15) is 0 Å². The number of unbranched alkanes of at least 4 members (excludes halogenated alkanes) is 11. The highest BCUT2D eigenvalue weighted by Gasteiger charge is 2.15. The molecule has 0 amide bonds. The van der Waals surface area contributed by atoms with Gasteiger partial charge >= 0.3 is 5.97 Å². The van der Waals surface area contributed by atoms with Crippen LogP contribution in [0.2, 0.25) is 0 Å². The summed E-state index contributed by atoms with van der Waals surface area (Å²) in [5, 5.41) is 0. The van der Waals surface area contributed by atoms with E-state index >= 15 is 0 Å². The predicted molar refractivity (Wildman–Crippen MR) is 105 cm³/mol. The first-order valence-electron chi connectivity index (χ1n) is 10.3. The highest BCUT2D eigenvalue weighted by Crippen LogP contribution is 2.12. The molecule has 0 saturated heterocycles. The number of allylic oxidation sites excluding steroid dienone is 2. The third-order valence-corrected chi connectivity index (χ3v) is 4.06. The second kappa shape index (κ2) is 15.7. The molecule has 0 atom stereocenters. The fourth-order valence-electron chi connectivity index (χ4n) is 2.73. The maximum atomic E-state index is 11.6.